The number of nitrogens with zero attached hydrogens (tertiary/aromatic N) is 2. The molecule has 0 atom stereocenters. The van der Waals surface area contributed by atoms with Crippen molar-refractivity contribution < 1.29 is 18.5 Å². The number of carbonyl (C=O) groups excluding carboxylic acids is 1. The Morgan fingerprint density at radius 1 is 1.62 bits per heavy atom. The van der Waals surface area contributed by atoms with Crippen molar-refractivity contribution in [1.29, 1.82) is 0 Å². The van der Waals surface area contributed by atoms with Crippen LogP contribution in [-0.2, 0) is 0 Å². The van der Waals surface area contributed by atoms with Crippen molar-refractivity contribution >= 4 is 38.5 Å². The van der Waals surface area contributed by atoms with Crippen molar-refractivity contribution in [3.05, 3.63) is 32.0 Å². The maximum atomic E-state index is 12.5. The van der Waals surface area contributed by atoms with Gasteiger partial charge in [0.05, 0.1) is 4.92 Å². The molecule has 1 aromatic heterocycles. The molecule has 0 aliphatic carbocycles. The molecule has 0 aromatic carbocycles. The molecule has 0 spiro atoms. The number of hydrogen-bond donors (Lipinski definition) is 0. The van der Waals surface area contributed by atoms with E-state index in [1.165, 1.54) is 0 Å². The Balaban J connectivity index is 3.51. The Bertz CT molecular complexity index is 469. The summed E-state index contributed by atoms with van der Waals surface area (Å²) in [6.45, 7) is 0. The predicted octanol–water partition coefficient (Wildman–Crippen LogP) is 3.07. The SMILES string of the molecule is O=C(Cl)c1cc(C(F)F)c([N+](=O)[O-])c(Br)n1. The highest BCUT2D eigenvalue weighted by molar-refractivity contribution is 9.10. The summed E-state index contributed by atoms with van der Waals surface area (Å²) in [6, 6.07) is 0.600. The van der Waals surface area contributed by atoms with Crippen molar-refractivity contribution in [2.24, 2.45) is 0 Å². The third-order valence-corrected chi connectivity index (χ3v) is 2.35. The van der Waals surface area contributed by atoms with Crippen LogP contribution in [0.5, 0.6) is 0 Å². The van der Waals surface area contributed by atoms with Gasteiger partial charge in [-0.3, -0.25) is 14.9 Å². The molecule has 0 radical (unpaired) electrons. The molecule has 16 heavy (non-hydrogen) atoms. The van der Waals surface area contributed by atoms with E-state index >= 15 is 0 Å². The van der Waals surface area contributed by atoms with E-state index in [2.05, 4.69) is 20.9 Å². The maximum Gasteiger partial charge on any atom is 0.310 e. The third kappa shape index (κ3) is 2.50. The quantitative estimate of drug-likeness (QED) is 0.372. The first-order valence-electron chi connectivity index (χ1n) is 3.67. The monoisotopic (exact) mass is 314 g/mol. The lowest BCUT2D eigenvalue weighted by Gasteiger charge is -2.04. The second-order valence-corrected chi connectivity index (χ2v) is 3.66. The highest BCUT2D eigenvalue weighted by Crippen LogP contribution is 2.34. The Labute approximate surface area is 101 Å². The molecule has 0 aliphatic rings. The van der Waals surface area contributed by atoms with Crippen LogP contribution in [0, 0.1) is 10.1 Å². The molecule has 1 rings (SSSR count). The largest absolute Gasteiger partial charge is 0.310 e. The van der Waals surface area contributed by atoms with Gasteiger partial charge < -0.3 is 0 Å². The van der Waals surface area contributed by atoms with Gasteiger partial charge >= 0.3 is 5.69 Å². The predicted molar refractivity (Wildman–Crippen MR) is 53.7 cm³/mol. The summed E-state index contributed by atoms with van der Waals surface area (Å²) in [6.07, 6.45) is -3.10. The van der Waals surface area contributed by atoms with E-state index in [0.29, 0.717) is 6.07 Å². The first-order chi connectivity index (χ1) is 7.34. The standard InChI is InChI=1S/C7H2BrClF2N2O3/c8-5-4(13(15)16)2(7(10)11)1-3(12-5)6(9)14/h1,7H. The van der Waals surface area contributed by atoms with Gasteiger partial charge in [-0.1, -0.05) is 0 Å². The fraction of sp³-hybridized carbons (Fsp3) is 0.143. The van der Waals surface area contributed by atoms with Crippen LogP contribution in [0.3, 0.4) is 0 Å². The van der Waals surface area contributed by atoms with Crippen LogP contribution in [0.15, 0.2) is 10.7 Å². The Morgan fingerprint density at radius 2 is 2.19 bits per heavy atom. The second kappa shape index (κ2) is 4.79. The van der Waals surface area contributed by atoms with Gasteiger partial charge in [-0.05, 0) is 33.6 Å². The number of alkyl halides is 2. The molecule has 0 unspecified atom stereocenters. The molecular formula is C7H2BrClF2N2O3. The summed E-state index contributed by atoms with van der Waals surface area (Å²) >= 11 is 7.68. The Kier molecular flexibility index (Phi) is 3.87. The number of nitro groups is 1. The number of hydrogen-bond acceptors (Lipinski definition) is 4. The second-order valence-electron chi connectivity index (χ2n) is 2.57. The minimum Gasteiger partial charge on any atom is -0.274 e. The van der Waals surface area contributed by atoms with E-state index in [1.54, 1.807) is 0 Å². The van der Waals surface area contributed by atoms with Gasteiger partial charge in [0.1, 0.15) is 11.3 Å². The zero-order valence-electron chi connectivity index (χ0n) is 7.29. The number of carbonyl (C=O) groups is 1. The molecule has 0 amide bonds. The van der Waals surface area contributed by atoms with E-state index in [1.807, 2.05) is 0 Å². The van der Waals surface area contributed by atoms with E-state index < -0.39 is 38.1 Å². The summed E-state index contributed by atoms with van der Waals surface area (Å²) < 4.78 is 24.5. The van der Waals surface area contributed by atoms with Gasteiger partial charge in [0.2, 0.25) is 0 Å². The minimum atomic E-state index is -3.10. The molecule has 9 heteroatoms. The fourth-order valence-corrected chi connectivity index (χ4v) is 1.64. The summed E-state index contributed by atoms with van der Waals surface area (Å²) in [4.78, 5) is 23.6. The first kappa shape index (κ1) is 12.9. The normalized spacial score (nSPS) is 10.6. The van der Waals surface area contributed by atoms with Crippen LogP contribution in [0.25, 0.3) is 0 Å². The van der Waals surface area contributed by atoms with Crippen LogP contribution in [0.2, 0.25) is 0 Å². The number of halogens is 4. The van der Waals surface area contributed by atoms with Gasteiger partial charge in [-0.2, -0.15) is 0 Å². The zero-order valence-corrected chi connectivity index (χ0v) is 9.63. The first-order valence-corrected chi connectivity index (χ1v) is 4.84. The van der Waals surface area contributed by atoms with Crippen LogP contribution in [-0.4, -0.2) is 15.1 Å². The van der Waals surface area contributed by atoms with Gasteiger partial charge in [0, 0.05) is 0 Å². The van der Waals surface area contributed by atoms with E-state index in [9.17, 15) is 23.7 Å². The molecule has 0 N–H and O–H groups in total. The fourth-order valence-electron chi connectivity index (χ4n) is 0.974. The topological polar surface area (TPSA) is 73.1 Å². The van der Waals surface area contributed by atoms with Crippen LogP contribution in [0.4, 0.5) is 14.5 Å². The molecule has 0 saturated heterocycles. The van der Waals surface area contributed by atoms with E-state index in [-0.39, 0.29) is 0 Å². The maximum absolute atomic E-state index is 12.5. The average Bonchev–Trinajstić information content (AvgIpc) is 2.15. The summed E-state index contributed by atoms with van der Waals surface area (Å²) in [5, 5.41) is 9.44. The Hall–Kier alpha value is -1.15. The molecule has 5 nitrogen and oxygen atoms in total. The van der Waals surface area contributed by atoms with Crippen molar-refractivity contribution in [3.8, 4) is 0 Å². The van der Waals surface area contributed by atoms with Crippen molar-refractivity contribution in [2.75, 3.05) is 0 Å². The summed E-state index contributed by atoms with van der Waals surface area (Å²) in [5.41, 5.74) is -2.26. The lowest BCUT2D eigenvalue weighted by Crippen LogP contribution is -2.04. The Morgan fingerprint density at radius 3 is 2.56 bits per heavy atom. The lowest BCUT2D eigenvalue weighted by atomic mass is 10.2. The third-order valence-electron chi connectivity index (χ3n) is 1.60. The number of aromatic nitrogens is 1. The summed E-state index contributed by atoms with van der Waals surface area (Å²) in [7, 11) is 0. The molecule has 0 fully saturated rings. The molecule has 0 saturated carbocycles. The zero-order chi connectivity index (χ0) is 12.5. The lowest BCUT2D eigenvalue weighted by molar-refractivity contribution is -0.387. The number of rotatable bonds is 3. The van der Waals surface area contributed by atoms with Crippen molar-refractivity contribution in [3.63, 3.8) is 0 Å². The van der Waals surface area contributed by atoms with Gasteiger partial charge in [0.25, 0.3) is 11.7 Å². The van der Waals surface area contributed by atoms with Gasteiger partial charge in [0.15, 0.2) is 4.60 Å². The van der Waals surface area contributed by atoms with Crippen molar-refractivity contribution in [1.82, 2.24) is 4.98 Å². The molecule has 86 valence electrons. The minimum absolute atomic E-state index is 0.459. The van der Waals surface area contributed by atoms with Crippen LogP contribution in [0.1, 0.15) is 22.5 Å². The molecular weight excluding hydrogens is 313 g/mol. The highest BCUT2D eigenvalue weighted by Gasteiger charge is 2.28. The molecule has 1 heterocycles. The molecule has 1 aromatic rings. The van der Waals surface area contributed by atoms with Gasteiger partial charge in [-0.25, -0.2) is 13.8 Å². The van der Waals surface area contributed by atoms with Crippen molar-refractivity contribution in [2.45, 2.75) is 6.43 Å². The highest BCUT2D eigenvalue weighted by atomic mass is 79.9. The molecule has 0 bridgehead atoms. The van der Waals surface area contributed by atoms with E-state index in [0.717, 1.165) is 0 Å². The van der Waals surface area contributed by atoms with Crippen LogP contribution >= 0.6 is 27.5 Å². The average molecular weight is 315 g/mol. The number of pyridine rings is 1. The smallest absolute Gasteiger partial charge is 0.274 e. The molecule has 0 aliphatic heterocycles. The van der Waals surface area contributed by atoms with Crippen LogP contribution < -0.4 is 0 Å². The van der Waals surface area contributed by atoms with Gasteiger partial charge in [-0.15, -0.1) is 0 Å². The van der Waals surface area contributed by atoms with E-state index in [4.69, 9.17) is 11.6 Å². The summed E-state index contributed by atoms with van der Waals surface area (Å²) in [5.74, 6) is 0.